The van der Waals surface area contributed by atoms with Crippen molar-refractivity contribution in [1.29, 1.82) is 0 Å². The number of carbonyl (C=O) groups excluding carboxylic acids is 3. The number of fused-ring (bicyclic) bond motifs is 2. The van der Waals surface area contributed by atoms with Gasteiger partial charge in [-0.3, -0.25) is 34.2 Å². The fourth-order valence-electron chi connectivity index (χ4n) is 12.5. The minimum atomic E-state index is -3.97. The number of amides is 3. The third kappa shape index (κ3) is 14.4. The molecule has 0 saturated carbocycles. The molecule has 2 unspecified atom stereocenters. The molecule has 8 heterocycles. The van der Waals surface area contributed by atoms with Crippen LogP contribution in [-0.2, 0) is 24.8 Å². The van der Waals surface area contributed by atoms with Gasteiger partial charge in [-0.2, -0.15) is 5.10 Å². The van der Waals surface area contributed by atoms with Crippen molar-refractivity contribution in [2.45, 2.75) is 174 Å². The Morgan fingerprint density at radius 3 is 2.16 bits per heavy atom. The molecule has 3 fully saturated rings. The van der Waals surface area contributed by atoms with E-state index in [0.717, 1.165) is 22.5 Å². The molecule has 25 nitrogen and oxygen atoms in total. The largest absolute Gasteiger partial charge is 0.492 e. The van der Waals surface area contributed by atoms with Crippen molar-refractivity contribution in [2.24, 2.45) is 5.41 Å². The summed E-state index contributed by atoms with van der Waals surface area (Å²) < 4.78 is 40.3. The first-order chi connectivity index (χ1) is 42.5. The summed E-state index contributed by atoms with van der Waals surface area (Å²) in [7, 11) is -3.97. The number of rotatable bonds is 17. The van der Waals surface area contributed by atoms with Crippen LogP contribution in [0.15, 0.2) is 48.0 Å². The molecule has 496 valence electrons. The Morgan fingerprint density at radius 1 is 0.846 bits per heavy atom. The molecule has 3 saturated heterocycles. The molecule has 4 aliphatic rings. The lowest BCUT2D eigenvalue weighted by molar-refractivity contribution is -0.125. The van der Waals surface area contributed by atoms with Crippen molar-refractivity contribution < 1.29 is 47.3 Å². The van der Waals surface area contributed by atoms with E-state index in [9.17, 15) is 37.8 Å². The van der Waals surface area contributed by atoms with E-state index in [1.165, 1.54) is 12.4 Å². The molecule has 0 bridgehead atoms. The maximum atomic E-state index is 14.7. The van der Waals surface area contributed by atoms with Crippen LogP contribution in [0.25, 0.3) is 10.9 Å². The highest BCUT2D eigenvalue weighted by molar-refractivity contribution is 7.92. The first kappa shape index (κ1) is 68.2. The Labute approximate surface area is 535 Å². The van der Waals surface area contributed by atoms with Gasteiger partial charge < -0.3 is 39.7 Å². The van der Waals surface area contributed by atoms with Gasteiger partial charge in [-0.25, -0.2) is 37.9 Å². The number of pyridine rings is 1. The van der Waals surface area contributed by atoms with Crippen molar-refractivity contribution in [3.63, 3.8) is 0 Å². The van der Waals surface area contributed by atoms with Gasteiger partial charge in [0.15, 0.2) is 9.84 Å². The van der Waals surface area contributed by atoms with Crippen LogP contribution in [0.1, 0.15) is 155 Å². The average molecular weight is 1280 g/mol. The minimum absolute atomic E-state index is 0.0127. The maximum Gasteiger partial charge on any atom is 0.437 e. The van der Waals surface area contributed by atoms with Gasteiger partial charge >= 0.3 is 12.2 Å². The first-order valence-electron chi connectivity index (χ1n) is 31.8. The van der Waals surface area contributed by atoms with Crippen LogP contribution in [0.2, 0.25) is 0 Å². The van der Waals surface area contributed by atoms with Gasteiger partial charge in [-0.1, -0.05) is 48.0 Å². The molecule has 26 heteroatoms. The van der Waals surface area contributed by atoms with Gasteiger partial charge in [0.05, 0.1) is 57.7 Å². The number of nitrogens with zero attached hydrogens (tertiary/aromatic N) is 14. The molecule has 0 radical (unpaired) electrons. The molecule has 4 atom stereocenters. The van der Waals surface area contributed by atoms with Gasteiger partial charge in [0.25, 0.3) is 5.91 Å². The van der Waals surface area contributed by atoms with Gasteiger partial charge in [0, 0.05) is 137 Å². The van der Waals surface area contributed by atoms with Crippen molar-refractivity contribution in [2.75, 3.05) is 107 Å². The van der Waals surface area contributed by atoms with E-state index in [0.29, 0.717) is 130 Å². The van der Waals surface area contributed by atoms with Gasteiger partial charge in [-0.15, -0.1) is 4.68 Å². The number of carboxylic acid groups (broad SMARTS) is 1. The number of hydrogen-bond donors (Lipinski definition) is 3. The Hall–Kier alpha value is -7.13. The summed E-state index contributed by atoms with van der Waals surface area (Å²) in [5.41, 5.74) is 1.86. The topological polar surface area (TPSA) is 278 Å². The Kier molecular flexibility index (Phi) is 19.6. The summed E-state index contributed by atoms with van der Waals surface area (Å²) in [6.45, 7) is 36.8. The molecule has 4 aliphatic heterocycles. The predicted molar refractivity (Wildman–Crippen MR) is 348 cm³/mol. The summed E-state index contributed by atoms with van der Waals surface area (Å²) in [6.07, 6.45) is 5.87. The van der Waals surface area contributed by atoms with E-state index in [-0.39, 0.29) is 60.1 Å². The molecule has 0 aliphatic carbocycles. The molecule has 5 aromatic rings. The highest BCUT2D eigenvalue weighted by Crippen LogP contribution is 2.44. The Balaban J connectivity index is 0.794. The van der Waals surface area contributed by atoms with E-state index in [4.69, 9.17) is 24.4 Å². The molecular weight excluding hydrogens is 1180 g/mol. The van der Waals surface area contributed by atoms with Crippen molar-refractivity contribution in [3.05, 3.63) is 71.2 Å². The van der Waals surface area contributed by atoms with E-state index in [1.54, 1.807) is 82.9 Å². The summed E-state index contributed by atoms with van der Waals surface area (Å²) in [5.74, 6) is 1.02. The third-order valence-electron chi connectivity index (χ3n) is 18.7. The van der Waals surface area contributed by atoms with Gasteiger partial charge in [0.2, 0.25) is 11.9 Å². The molecule has 4 aromatic heterocycles. The highest BCUT2D eigenvalue weighted by atomic mass is 32.2. The number of anilines is 4. The second-order valence-electron chi connectivity index (χ2n) is 28.9. The van der Waals surface area contributed by atoms with Crippen molar-refractivity contribution in [1.82, 2.24) is 59.2 Å². The van der Waals surface area contributed by atoms with Crippen LogP contribution in [0, 0.1) is 19.3 Å². The molecule has 3 amide bonds. The van der Waals surface area contributed by atoms with Crippen LogP contribution >= 0.6 is 0 Å². The number of aromatic nitrogens is 7. The first-order valence-corrected chi connectivity index (χ1v) is 33.3. The predicted octanol–water partition coefficient (Wildman–Crippen LogP) is 8.09. The summed E-state index contributed by atoms with van der Waals surface area (Å²) in [4.78, 5) is 92.2. The summed E-state index contributed by atoms with van der Waals surface area (Å²) in [6, 6.07) is 4.76. The lowest BCUT2D eigenvalue weighted by atomic mass is 9.71. The quantitative estimate of drug-likeness (QED) is 0.0742. The lowest BCUT2D eigenvalue weighted by Gasteiger charge is -2.57. The van der Waals surface area contributed by atoms with E-state index in [1.807, 2.05) is 52.5 Å². The lowest BCUT2D eigenvalue weighted by Crippen LogP contribution is -2.72. The zero-order valence-corrected chi connectivity index (χ0v) is 56.9. The zero-order valence-electron chi connectivity index (χ0n) is 56.1. The highest BCUT2D eigenvalue weighted by Gasteiger charge is 2.53. The average Bonchev–Trinajstić information content (AvgIpc) is 1.45. The number of nitrogens with one attached hydrogen (secondary N) is 1. The van der Waals surface area contributed by atoms with Crippen LogP contribution in [-0.4, -0.2) is 221 Å². The number of aryl methyl sites for hydroxylation is 1. The minimum Gasteiger partial charge on any atom is -0.492 e. The number of benzene rings is 1. The Morgan fingerprint density at radius 2 is 1.54 bits per heavy atom. The molecule has 3 N–H and O–H groups in total. The van der Waals surface area contributed by atoms with E-state index in [2.05, 4.69) is 60.8 Å². The number of hydrogen-bond acceptors (Lipinski definition) is 20. The smallest absolute Gasteiger partial charge is 0.437 e. The van der Waals surface area contributed by atoms with E-state index >= 15 is 0 Å². The number of carbonyl (C=O) groups is 4. The number of piperazine rings is 3. The number of ether oxygens (including phenoxy) is 2. The number of sulfone groups is 1. The zero-order chi connectivity index (χ0) is 66.5. The van der Waals surface area contributed by atoms with E-state index < -0.39 is 54.8 Å². The standard InChI is InChI=1S/C65H95N15O10S/c1-17-19-50(81)44-28-49-54(66-31-44)64(14,15)38-78(49)53(82)37-77-39-65(16,61(5,6)7)79(59(84)85)36-46(77)35-75-25-26-76(34-41(75)2)58-67-32-45(33-68-58)57(83)74-23-21-73(22-24-74)20-18-27-89-51-30-48-47(29-52(51)91(87,88)63(11,12)13)55(70-40-69-48)71-56-42(3)43(4)72-80(56)60(86)90-62(8,9)10/h28-33,40-41,46,50,81H,17-27,34-39H2,1-16H3,(H,84,85)(H,69,70,71)/t41?,46-,50?,65-/m0/s1. The molecular formula is C65H95N15O10S. The Bertz CT molecular complexity index is 3630. The van der Waals surface area contributed by atoms with Crippen LogP contribution in [0.3, 0.4) is 0 Å². The normalized spacial score (nSPS) is 20.8. The molecule has 0 spiro atoms. The fourth-order valence-corrected chi connectivity index (χ4v) is 13.9. The summed E-state index contributed by atoms with van der Waals surface area (Å²) in [5, 5.41) is 29.7. The molecule has 91 heavy (non-hydrogen) atoms. The van der Waals surface area contributed by atoms with Crippen molar-refractivity contribution in [3.8, 4) is 5.75 Å². The summed E-state index contributed by atoms with van der Waals surface area (Å²) >= 11 is 0. The second-order valence-corrected chi connectivity index (χ2v) is 31.6. The van der Waals surface area contributed by atoms with Crippen LogP contribution in [0.5, 0.6) is 5.75 Å². The van der Waals surface area contributed by atoms with Crippen molar-refractivity contribution >= 4 is 68.0 Å². The SMILES string of the molecule is CCCC(O)c1cnc2c(c1)N(C(=O)CN1C[C@@](C)(C(C)(C)C)N(C(=O)O)C[C@@H]1CN1CCN(c3ncc(C(=O)N4CCN(CCCOc5cc6ncnc(Nc7c(C)c(C)nn7C(=O)OC(C)(C)C)c6cc5S(=O)(=O)C(C)(C)C)CC4)cn3)CC1C)CC2(C)C. The van der Waals surface area contributed by atoms with Crippen LogP contribution < -0.4 is 19.9 Å². The van der Waals surface area contributed by atoms with Crippen LogP contribution in [0.4, 0.5) is 32.9 Å². The number of aliphatic hydroxyl groups is 1. The third-order valence-corrected chi connectivity index (χ3v) is 21.2. The monoisotopic (exact) mass is 1280 g/mol. The second kappa shape index (κ2) is 26.1. The van der Waals surface area contributed by atoms with Gasteiger partial charge in [-0.05, 0) is 99.6 Å². The fraction of sp³-hybridized carbons (Fsp3) is 0.631. The molecule has 9 rings (SSSR count). The maximum absolute atomic E-state index is 14.7. The number of aliphatic hydroxyl groups excluding tert-OH is 1. The van der Waals surface area contributed by atoms with Gasteiger partial charge in [0.1, 0.15) is 34.2 Å². The molecule has 1 aromatic carbocycles.